The Balaban J connectivity index is 1.36. The number of alkyl halides is 3. The molecule has 2 N–H and O–H groups in total. The normalized spacial score (nSPS) is 14.0. The van der Waals surface area contributed by atoms with E-state index in [9.17, 15) is 18.0 Å². The summed E-state index contributed by atoms with van der Waals surface area (Å²) in [6, 6.07) is 9.79. The van der Waals surface area contributed by atoms with Crippen LogP contribution in [0.2, 0.25) is 0 Å². The van der Waals surface area contributed by atoms with E-state index in [0.29, 0.717) is 11.6 Å². The van der Waals surface area contributed by atoms with Gasteiger partial charge in [-0.15, -0.1) is 10.2 Å². The van der Waals surface area contributed by atoms with Gasteiger partial charge in [-0.1, -0.05) is 23.5 Å². The number of anilines is 1. The lowest BCUT2D eigenvalue weighted by atomic mass is 10.1. The van der Waals surface area contributed by atoms with E-state index in [4.69, 9.17) is 0 Å². The average Bonchev–Trinajstić information content (AvgIpc) is 3.33. The largest absolute Gasteiger partial charge is 0.405 e. The van der Waals surface area contributed by atoms with E-state index in [1.807, 2.05) is 28.8 Å². The van der Waals surface area contributed by atoms with Crippen LogP contribution in [0.5, 0.6) is 0 Å². The van der Waals surface area contributed by atoms with Crippen LogP contribution in [0.4, 0.5) is 23.7 Å². The van der Waals surface area contributed by atoms with E-state index in [1.54, 1.807) is 41.0 Å². The molecule has 1 aromatic carbocycles. The van der Waals surface area contributed by atoms with Gasteiger partial charge in [-0.05, 0) is 37.1 Å². The van der Waals surface area contributed by atoms with Gasteiger partial charge in [0.1, 0.15) is 22.2 Å². The summed E-state index contributed by atoms with van der Waals surface area (Å²) < 4.78 is 38.7. The highest BCUT2D eigenvalue weighted by molar-refractivity contribution is 7.14. The van der Waals surface area contributed by atoms with E-state index in [2.05, 4.69) is 20.5 Å². The number of rotatable bonds is 5. The fourth-order valence-electron chi connectivity index (χ4n) is 3.29. The molecule has 0 aliphatic heterocycles. The minimum Gasteiger partial charge on any atom is -0.329 e. The third-order valence-corrected chi connectivity index (χ3v) is 6.13. The number of carbonyl (C=O) groups excluding carboxylic acids is 1. The molecule has 0 unspecified atom stereocenters. The quantitative estimate of drug-likeness (QED) is 0.437. The maximum atomic E-state index is 12.3. The number of hydrogen-bond acceptors (Lipinski definition) is 5. The molecule has 0 bridgehead atoms. The highest BCUT2D eigenvalue weighted by Crippen LogP contribution is 2.42. The van der Waals surface area contributed by atoms with Gasteiger partial charge >= 0.3 is 12.2 Å². The maximum absolute atomic E-state index is 12.3. The van der Waals surface area contributed by atoms with Crippen molar-refractivity contribution < 1.29 is 18.0 Å². The average molecular weight is 458 g/mol. The monoisotopic (exact) mass is 458 g/mol. The summed E-state index contributed by atoms with van der Waals surface area (Å²) in [7, 11) is 0. The van der Waals surface area contributed by atoms with Gasteiger partial charge in [0.05, 0.1) is 11.9 Å². The number of aromatic nitrogens is 4. The second-order valence-corrected chi connectivity index (χ2v) is 8.52. The van der Waals surface area contributed by atoms with Gasteiger partial charge in [0, 0.05) is 28.9 Å². The Morgan fingerprint density at radius 2 is 2.00 bits per heavy atom. The first-order valence-electron chi connectivity index (χ1n) is 9.89. The number of halogens is 3. The molecule has 1 aliphatic carbocycles. The Morgan fingerprint density at radius 3 is 2.78 bits per heavy atom. The van der Waals surface area contributed by atoms with Gasteiger partial charge < -0.3 is 10.6 Å². The molecule has 1 saturated carbocycles. The number of urea groups is 1. The second kappa shape index (κ2) is 7.90. The molecule has 0 saturated heterocycles. The Kier molecular flexibility index (Phi) is 5.04. The molecule has 32 heavy (non-hydrogen) atoms. The van der Waals surface area contributed by atoms with Crippen LogP contribution in [0.3, 0.4) is 0 Å². The number of amides is 2. The van der Waals surface area contributed by atoms with Crippen LogP contribution in [0.25, 0.3) is 27.5 Å². The SMILES string of the molecule is O=C(NCC(F)(F)F)Nc1cccc(-c2cnc3cc(-c4nnc(C5CC5)s4)ccn23)c1. The van der Waals surface area contributed by atoms with Crippen molar-refractivity contribution in [2.75, 3.05) is 11.9 Å². The zero-order valence-corrected chi connectivity index (χ0v) is 17.4. The van der Waals surface area contributed by atoms with Gasteiger partial charge in [0.15, 0.2) is 0 Å². The number of fused-ring (bicyclic) bond motifs is 1. The van der Waals surface area contributed by atoms with Crippen LogP contribution in [0.1, 0.15) is 23.8 Å². The molecule has 0 radical (unpaired) electrons. The standard InChI is InChI=1S/C21H17F3N6OS/c22-21(23,24)11-26-20(31)27-15-3-1-2-13(8-15)16-10-25-17-9-14(6-7-30(16)17)19-29-28-18(32-19)12-4-5-12/h1-3,6-10,12H,4-5,11H2,(H2,26,27,31). The fourth-order valence-corrected chi connectivity index (χ4v) is 4.29. The van der Waals surface area contributed by atoms with Crippen molar-refractivity contribution >= 4 is 28.7 Å². The van der Waals surface area contributed by atoms with Crippen molar-refractivity contribution in [2.24, 2.45) is 0 Å². The fraction of sp³-hybridized carbons (Fsp3) is 0.238. The van der Waals surface area contributed by atoms with Crippen LogP contribution in [-0.2, 0) is 0 Å². The molecule has 3 aromatic heterocycles. The Morgan fingerprint density at radius 1 is 1.16 bits per heavy atom. The van der Waals surface area contributed by atoms with Crippen molar-refractivity contribution in [1.29, 1.82) is 0 Å². The first-order chi connectivity index (χ1) is 15.4. The van der Waals surface area contributed by atoms with Crippen molar-refractivity contribution in [2.45, 2.75) is 24.9 Å². The van der Waals surface area contributed by atoms with Crippen LogP contribution < -0.4 is 10.6 Å². The van der Waals surface area contributed by atoms with Gasteiger partial charge in [-0.3, -0.25) is 4.40 Å². The lowest BCUT2D eigenvalue weighted by molar-refractivity contribution is -0.122. The summed E-state index contributed by atoms with van der Waals surface area (Å²) in [4.78, 5) is 16.2. The molecule has 0 spiro atoms. The van der Waals surface area contributed by atoms with E-state index < -0.39 is 18.8 Å². The number of nitrogens with zero attached hydrogens (tertiary/aromatic N) is 4. The molecule has 4 aromatic rings. The zero-order valence-electron chi connectivity index (χ0n) is 16.6. The van der Waals surface area contributed by atoms with E-state index in [1.165, 1.54) is 12.8 Å². The summed E-state index contributed by atoms with van der Waals surface area (Å²) in [6.45, 7) is -1.40. The lowest BCUT2D eigenvalue weighted by Crippen LogP contribution is -2.36. The summed E-state index contributed by atoms with van der Waals surface area (Å²) in [5, 5.41) is 14.7. The van der Waals surface area contributed by atoms with Gasteiger partial charge in [-0.2, -0.15) is 13.2 Å². The van der Waals surface area contributed by atoms with Crippen LogP contribution in [0.15, 0.2) is 48.8 Å². The van der Waals surface area contributed by atoms with Crippen molar-refractivity contribution in [1.82, 2.24) is 24.9 Å². The number of pyridine rings is 1. The highest BCUT2D eigenvalue weighted by Gasteiger charge is 2.28. The minimum absolute atomic E-state index is 0.371. The van der Waals surface area contributed by atoms with Crippen LogP contribution in [0, 0.1) is 0 Å². The molecule has 11 heteroatoms. The first kappa shape index (κ1) is 20.4. The van der Waals surface area contributed by atoms with Crippen LogP contribution in [-0.4, -0.2) is 38.3 Å². The third kappa shape index (κ3) is 4.42. The molecule has 0 atom stereocenters. The molecule has 3 heterocycles. The van der Waals surface area contributed by atoms with Gasteiger partial charge in [-0.25, -0.2) is 9.78 Å². The second-order valence-electron chi connectivity index (χ2n) is 7.51. The smallest absolute Gasteiger partial charge is 0.329 e. The Hall–Kier alpha value is -3.47. The molecule has 2 amide bonds. The molecule has 7 nitrogen and oxygen atoms in total. The van der Waals surface area contributed by atoms with Gasteiger partial charge in [0.2, 0.25) is 0 Å². The molecule has 5 rings (SSSR count). The molecular weight excluding hydrogens is 441 g/mol. The number of carbonyl (C=O) groups is 1. The minimum atomic E-state index is -4.47. The number of nitrogens with one attached hydrogen (secondary N) is 2. The number of benzene rings is 1. The molecule has 164 valence electrons. The highest BCUT2D eigenvalue weighted by atomic mass is 32.1. The summed E-state index contributed by atoms with van der Waals surface area (Å²) in [5.74, 6) is 0.555. The molecule has 1 fully saturated rings. The van der Waals surface area contributed by atoms with Crippen molar-refractivity contribution in [3.05, 3.63) is 53.8 Å². The summed E-state index contributed by atoms with van der Waals surface area (Å²) >= 11 is 1.61. The lowest BCUT2D eigenvalue weighted by Gasteiger charge is -2.10. The molecular formula is C21H17F3N6OS. The predicted octanol–water partition coefficient (Wildman–Crippen LogP) is 5.08. The first-order valence-corrected chi connectivity index (χ1v) is 10.7. The van der Waals surface area contributed by atoms with Gasteiger partial charge in [0.25, 0.3) is 0 Å². The van der Waals surface area contributed by atoms with Crippen molar-refractivity contribution in [3.8, 4) is 21.8 Å². The van der Waals surface area contributed by atoms with E-state index in [0.717, 1.165) is 32.5 Å². The maximum Gasteiger partial charge on any atom is 0.405 e. The number of imidazole rings is 1. The Labute approximate surface area is 184 Å². The van der Waals surface area contributed by atoms with E-state index >= 15 is 0 Å². The third-order valence-electron chi connectivity index (χ3n) is 4.99. The van der Waals surface area contributed by atoms with Crippen molar-refractivity contribution in [3.63, 3.8) is 0 Å². The topological polar surface area (TPSA) is 84.2 Å². The van der Waals surface area contributed by atoms with Crippen LogP contribution >= 0.6 is 11.3 Å². The number of hydrogen-bond donors (Lipinski definition) is 2. The zero-order chi connectivity index (χ0) is 22.3. The predicted molar refractivity (Wildman–Crippen MR) is 115 cm³/mol. The summed E-state index contributed by atoms with van der Waals surface area (Å²) in [6.07, 6.45) is 1.48. The Bertz CT molecular complexity index is 1290. The molecule has 1 aliphatic rings. The summed E-state index contributed by atoms with van der Waals surface area (Å²) in [5.41, 5.74) is 3.57. The van der Waals surface area contributed by atoms with E-state index in [-0.39, 0.29) is 0 Å².